The molecule has 0 radical (unpaired) electrons. The maximum atomic E-state index is 12.3. The third kappa shape index (κ3) is 3.33. The molecule has 3 rings (SSSR count). The van der Waals surface area contributed by atoms with E-state index in [4.69, 9.17) is 5.73 Å². The molecule has 2 aliphatic rings. The van der Waals surface area contributed by atoms with Crippen molar-refractivity contribution in [3.05, 3.63) is 35.4 Å². The van der Waals surface area contributed by atoms with Crippen LogP contribution in [0, 0.1) is 5.92 Å². The molecule has 0 bridgehead atoms. The van der Waals surface area contributed by atoms with E-state index in [9.17, 15) is 9.59 Å². The summed E-state index contributed by atoms with van der Waals surface area (Å²) in [7, 11) is 0. The van der Waals surface area contributed by atoms with Crippen molar-refractivity contribution < 1.29 is 9.59 Å². The number of carbonyl (C=O) groups excluding carboxylic acids is 2. The van der Waals surface area contributed by atoms with Gasteiger partial charge in [0, 0.05) is 12.6 Å². The second-order valence-electron chi connectivity index (χ2n) is 6.27. The van der Waals surface area contributed by atoms with Crippen LogP contribution in [0.3, 0.4) is 0 Å². The number of halogens is 1. The standard InChI is InChI=1S/C17H22N2O2.ClH/c18-13(10-12-6-2-1-3-7-12)11-19-16(20)14-8-4-5-9-15(14)17(19)21;/h4-5,8-9,12-13H,1-3,6-7,10-11,18H2;1H/t13-;/m1./s1. The van der Waals surface area contributed by atoms with Crippen molar-refractivity contribution in [2.75, 3.05) is 6.54 Å². The highest BCUT2D eigenvalue weighted by molar-refractivity contribution is 6.21. The Morgan fingerprint density at radius 2 is 1.59 bits per heavy atom. The molecule has 1 atom stereocenters. The Labute approximate surface area is 137 Å². The first-order chi connectivity index (χ1) is 10.2. The average molecular weight is 323 g/mol. The predicted molar refractivity (Wildman–Crippen MR) is 88.2 cm³/mol. The van der Waals surface area contributed by atoms with Gasteiger partial charge < -0.3 is 5.73 Å². The van der Waals surface area contributed by atoms with E-state index in [0.717, 1.165) is 6.42 Å². The van der Waals surface area contributed by atoms with E-state index in [1.807, 2.05) is 0 Å². The van der Waals surface area contributed by atoms with Gasteiger partial charge in [0.05, 0.1) is 11.1 Å². The van der Waals surface area contributed by atoms with Crippen molar-refractivity contribution >= 4 is 24.2 Å². The number of amides is 2. The zero-order valence-electron chi connectivity index (χ0n) is 12.7. The SMILES string of the molecule is Cl.N[C@H](CC1CCCCC1)CN1C(=O)c2ccccc2C1=O. The van der Waals surface area contributed by atoms with Crippen molar-refractivity contribution in [1.82, 2.24) is 4.90 Å². The minimum Gasteiger partial charge on any atom is -0.326 e. The highest BCUT2D eigenvalue weighted by atomic mass is 35.5. The van der Waals surface area contributed by atoms with Crippen molar-refractivity contribution in [2.24, 2.45) is 11.7 Å². The van der Waals surface area contributed by atoms with Gasteiger partial charge in [-0.1, -0.05) is 44.2 Å². The summed E-state index contributed by atoms with van der Waals surface area (Å²) in [4.78, 5) is 25.9. The van der Waals surface area contributed by atoms with Crippen LogP contribution >= 0.6 is 12.4 Å². The molecule has 1 fully saturated rings. The van der Waals surface area contributed by atoms with Gasteiger partial charge in [0.1, 0.15) is 0 Å². The normalized spacial score (nSPS) is 19.8. The van der Waals surface area contributed by atoms with Gasteiger partial charge in [-0.25, -0.2) is 0 Å². The van der Waals surface area contributed by atoms with E-state index in [1.54, 1.807) is 24.3 Å². The molecule has 1 aliphatic carbocycles. The fourth-order valence-corrected chi connectivity index (χ4v) is 3.56. The van der Waals surface area contributed by atoms with Crippen LogP contribution in [0.25, 0.3) is 0 Å². The summed E-state index contributed by atoms with van der Waals surface area (Å²) in [5.41, 5.74) is 7.21. The molecular weight excluding hydrogens is 300 g/mol. The van der Waals surface area contributed by atoms with Gasteiger partial charge in [-0.05, 0) is 24.5 Å². The van der Waals surface area contributed by atoms with Crippen LogP contribution < -0.4 is 5.73 Å². The van der Waals surface area contributed by atoms with Crippen molar-refractivity contribution in [3.63, 3.8) is 0 Å². The minimum absolute atomic E-state index is 0. The van der Waals surface area contributed by atoms with Crippen LogP contribution in [0.15, 0.2) is 24.3 Å². The van der Waals surface area contributed by atoms with Crippen LogP contribution in [0.2, 0.25) is 0 Å². The second kappa shape index (κ2) is 7.25. The molecule has 22 heavy (non-hydrogen) atoms. The largest absolute Gasteiger partial charge is 0.326 e. The number of benzene rings is 1. The summed E-state index contributed by atoms with van der Waals surface area (Å²) in [6.07, 6.45) is 7.26. The van der Waals surface area contributed by atoms with E-state index in [1.165, 1.54) is 37.0 Å². The van der Waals surface area contributed by atoms with E-state index in [0.29, 0.717) is 23.6 Å². The first-order valence-electron chi connectivity index (χ1n) is 7.87. The molecular formula is C17H23ClN2O2. The Kier molecular flexibility index (Phi) is 5.59. The highest BCUT2D eigenvalue weighted by Gasteiger charge is 2.36. The van der Waals surface area contributed by atoms with E-state index in [2.05, 4.69) is 0 Å². The van der Waals surface area contributed by atoms with Crippen LogP contribution in [0.1, 0.15) is 59.2 Å². The van der Waals surface area contributed by atoms with Gasteiger partial charge in [-0.3, -0.25) is 14.5 Å². The highest BCUT2D eigenvalue weighted by Crippen LogP contribution is 2.28. The third-order valence-electron chi connectivity index (χ3n) is 4.66. The molecule has 0 unspecified atom stereocenters. The fourth-order valence-electron chi connectivity index (χ4n) is 3.56. The third-order valence-corrected chi connectivity index (χ3v) is 4.66. The lowest BCUT2D eigenvalue weighted by atomic mass is 9.85. The summed E-state index contributed by atoms with van der Waals surface area (Å²) >= 11 is 0. The average Bonchev–Trinajstić information content (AvgIpc) is 2.74. The summed E-state index contributed by atoms with van der Waals surface area (Å²) in [6.45, 7) is 0.336. The number of hydrogen-bond acceptors (Lipinski definition) is 3. The smallest absolute Gasteiger partial charge is 0.261 e. The van der Waals surface area contributed by atoms with Crippen LogP contribution in [0.4, 0.5) is 0 Å². The number of fused-ring (bicyclic) bond motifs is 1. The Balaban J connectivity index is 0.00000176. The molecule has 2 amide bonds. The molecule has 0 spiro atoms. The second-order valence-corrected chi connectivity index (χ2v) is 6.27. The summed E-state index contributed by atoms with van der Waals surface area (Å²) in [5, 5.41) is 0. The Morgan fingerprint density at radius 1 is 1.05 bits per heavy atom. The Bertz CT molecular complexity index is 520. The zero-order chi connectivity index (χ0) is 14.8. The molecule has 4 nitrogen and oxygen atoms in total. The van der Waals surface area contributed by atoms with Crippen LogP contribution in [-0.4, -0.2) is 29.3 Å². The molecule has 120 valence electrons. The monoisotopic (exact) mass is 322 g/mol. The van der Waals surface area contributed by atoms with Crippen molar-refractivity contribution in [1.29, 1.82) is 0 Å². The lowest BCUT2D eigenvalue weighted by Crippen LogP contribution is -2.41. The molecule has 5 heteroatoms. The maximum absolute atomic E-state index is 12.3. The lowest BCUT2D eigenvalue weighted by molar-refractivity contribution is 0.0639. The molecule has 0 saturated heterocycles. The zero-order valence-corrected chi connectivity index (χ0v) is 13.5. The van der Waals surface area contributed by atoms with Gasteiger partial charge in [0.15, 0.2) is 0 Å². The Hall–Kier alpha value is -1.39. The van der Waals surface area contributed by atoms with Gasteiger partial charge in [-0.2, -0.15) is 0 Å². The molecule has 1 heterocycles. The summed E-state index contributed by atoms with van der Waals surface area (Å²) in [6, 6.07) is 6.88. The molecule has 1 aromatic rings. The van der Waals surface area contributed by atoms with Crippen LogP contribution in [0.5, 0.6) is 0 Å². The Morgan fingerprint density at radius 3 is 2.14 bits per heavy atom. The van der Waals surface area contributed by atoms with Crippen molar-refractivity contribution in [3.8, 4) is 0 Å². The molecule has 0 aromatic heterocycles. The number of hydrogen-bond donors (Lipinski definition) is 1. The number of nitrogens with two attached hydrogens (primary N) is 1. The predicted octanol–water partition coefficient (Wildman–Crippen LogP) is 3.00. The number of carbonyl (C=O) groups is 2. The first kappa shape index (κ1) is 17.0. The van der Waals surface area contributed by atoms with Crippen LogP contribution in [-0.2, 0) is 0 Å². The fraction of sp³-hybridized carbons (Fsp3) is 0.529. The van der Waals surface area contributed by atoms with Crippen molar-refractivity contribution in [2.45, 2.75) is 44.6 Å². The van der Waals surface area contributed by atoms with Gasteiger partial charge in [0.2, 0.25) is 0 Å². The van der Waals surface area contributed by atoms with E-state index < -0.39 is 0 Å². The summed E-state index contributed by atoms with van der Waals surface area (Å²) in [5.74, 6) is 0.258. The minimum atomic E-state index is -0.199. The van der Waals surface area contributed by atoms with Gasteiger partial charge in [-0.15, -0.1) is 12.4 Å². The van der Waals surface area contributed by atoms with Gasteiger partial charge >= 0.3 is 0 Å². The lowest BCUT2D eigenvalue weighted by Gasteiger charge is -2.26. The van der Waals surface area contributed by atoms with E-state index >= 15 is 0 Å². The topological polar surface area (TPSA) is 63.4 Å². The molecule has 2 N–H and O–H groups in total. The molecule has 1 aliphatic heterocycles. The van der Waals surface area contributed by atoms with Gasteiger partial charge in [0.25, 0.3) is 11.8 Å². The number of imide groups is 1. The van der Waals surface area contributed by atoms with E-state index in [-0.39, 0.29) is 30.3 Å². The molecule has 1 aromatic carbocycles. The summed E-state index contributed by atoms with van der Waals surface area (Å²) < 4.78 is 0. The maximum Gasteiger partial charge on any atom is 0.261 e. The number of rotatable bonds is 4. The first-order valence-corrected chi connectivity index (χ1v) is 7.87. The number of nitrogens with zero attached hydrogens (tertiary/aromatic N) is 1. The molecule has 1 saturated carbocycles. The quantitative estimate of drug-likeness (QED) is 0.867.